The van der Waals surface area contributed by atoms with Gasteiger partial charge in [-0.2, -0.15) is 0 Å². The van der Waals surface area contributed by atoms with Gasteiger partial charge in [0.05, 0.1) is 0 Å². The summed E-state index contributed by atoms with van der Waals surface area (Å²) in [4.78, 5) is 0. The Kier molecular flexibility index (Phi) is 4.35. The summed E-state index contributed by atoms with van der Waals surface area (Å²) in [5.74, 6) is -1.05. The summed E-state index contributed by atoms with van der Waals surface area (Å²) < 4.78 is 33.2. The van der Waals surface area contributed by atoms with Crippen LogP contribution in [-0.2, 0) is 5.33 Å². The Morgan fingerprint density at radius 3 is 2.56 bits per heavy atom. The standard InChI is InChI=1S/C13H8Br2F2O/c14-7-8-2-1-3-11(17)13(8)18-12-6-9(15)4-5-10(12)16/h1-6H,7H2. The van der Waals surface area contributed by atoms with Crippen LogP contribution in [-0.4, -0.2) is 0 Å². The van der Waals surface area contributed by atoms with Gasteiger partial charge in [-0.15, -0.1) is 0 Å². The van der Waals surface area contributed by atoms with E-state index >= 15 is 0 Å². The molecule has 0 radical (unpaired) electrons. The average molecular weight is 378 g/mol. The predicted molar refractivity (Wildman–Crippen MR) is 73.2 cm³/mol. The van der Waals surface area contributed by atoms with Crippen LogP contribution in [0.5, 0.6) is 11.5 Å². The van der Waals surface area contributed by atoms with Crippen molar-refractivity contribution in [2.75, 3.05) is 0 Å². The number of benzene rings is 2. The Balaban J connectivity index is 2.42. The highest BCUT2D eigenvalue weighted by Gasteiger charge is 2.13. The molecule has 94 valence electrons. The lowest BCUT2D eigenvalue weighted by Crippen LogP contribution is -1.95. The maximum Gasteiger partial charge on any atom is 0.167 e. The number of rotatable bonds is 3. The Morgan fingerprint density at radius 2 is 1.83 bits per heavy atom. The molecule has 0 unspecified atom stereocenters. The quantitative estimate of drug-likeness (QED) is 0.649. The summed E-state index contributed by atoms with van der Waals surface area (Å²) >= 11 is 6.45. The maximum atomic E-state index is 13.7. The summed E-state index contributed by atoms with van der Waals surface area (Å²) in [7, 11) is 0. The van der Waals surface area contributed by atoms with E-state index in [0.29, 0.717) is 15.4 Å². The SMILES string of the molecule is Fc1ccc(Br)cc1Oc1c(F)cccc1CBr. The molecule has 2 rings (SSSR count). The lowest BCUT2D eigenvalue weighted by Gasteiger charge is -2.11. The van der Waals surface area contributed by atoms with Gasteiger partial charge in [0.1, 0.15) is 0 Å². The first-order chi connectivity index (χ1) is 8.61. The molecular formula is C13H8Br2F2O. The van der Waals surface area contributed by atoms with Crippen molar-refractivity contribution in [2.45, 2.75) is 5.33 Å². The average Bonchev–Trinajstić information content (AvgIpc) is 2.36. The molecule has 0 atom stereocenters. The first-order valence-electron chi connectivity index (χ1n) is 5.08. The van der Waals surface area contributed by atoms with E-state index in [9.17, 15) is 8.78 Å². The molecule has 2 aromatic carbocycles. The Morgan fingerprint density at radius 1 is 1.06 bits per heavy atom. The van der Waals surface area contributed by atoms with Crippen molar-refractivity contribution in [2.24, 2.45) is 0 Å². The third kappa shape index (κ3) is 2.90. The van der Waals surface area contributed by atoms with Crippen LogP contribution >= 0.6 is 31.9 Å². The van der Waals surface area contributed by atoms with Crippen molar-refractivity contribution in [1.29, 1.82) is 0 Å². The van der Waals surface area contributed by atoms with Gasteiger partial charge in [0.25, 0.3) is 0 Å². The topological polar surface area (TPSA) is 9.23 Å². The molecule has 0 heterocycles. The third-order valence-electron chi connectivity index (χ3n) is 2.30. The van der Waals surface area contributed by atoms with E-state index in [1.165, 1.54) is 18.2 Å². The van der Waals surface area contributed by atoms with Gasteiger partial charge < -0.3 is 4.74 Å². The molecule has 0 bridgehead atoms. The van der Waals surface area contributed by atoms with Crippen LogP contribution in [0.15, 0.2) is 40.9 Å². The van der Waals surface area contributed by atoms with Crippen LogP contribution in [0.25, 0.3) is 0 Å². The van der Waals surface area contributed by atoms with Gasteiger partial charge in [-0.05, 0) is 24.3 Å². The molecule has 0 aliphatic rings. The number of halogens is 4. The van der Waals surface area contributed by atoms with Gasteiger partial charge in [0.2, 0.25) is 0 Å². The first-order valence-corrected chi connectivity index (χ1v) is 6.99. The fourth-order valence-electron chi connectivity index (χ4n) is 1.44. The van der Waals surface area contributed by atoms with Crippen molar-refractivity contribution in [3.8, 4) is 11.5 Å². The number of hydrogen-bond acceptors (Lipinski definition) is 1. The van der Waals surface area contributed by atoms with Gasteiger partial charge in [-0.1, -0.05) is 44.0 Å². The summed E-state index contributed by atoms with van der Waals surface area (Å²) in [6.45, 7) is 0. The highest BCUT2D eigenvalue weighted by atomic mass is 79.9. The van der Waals surface area contributed by atoms with E-state index in [4.69, 9.17) is 4.74 Å². The van der Waals surface area contributed by atoms with E-state index in [2.05, 4.69) is 31.9 Å². The highest BCUT2D eigenvalue weighted by Crippen LogP contribution is 2.32. The fourth-order valence-corrected chi connectivity index (χ4v) is 2.22. The van der Waals surface area contributed by atoms with Crippen molar-refractivity contribution < 1.29 is 13.5 Å². The van der Waals surface area contributed by atoms with Crippen LogP contribution < -0.4 is 4.74 Å². The molecule has 2 aromatic rings. The van der Waals surface area contributed by atoms with Gasteiger partial charge in [0, 0.05) is 15.4 Å². The molecule has 0 aliphatic heterocycles. The zero-order chi connectivity index (χ0) is 13.1. The molecule has 0 fully saturated rings. The van der Waals surface area contributed by atoms with E-state index in [0.717, 1.165) is 0 Å². The first kappa shape index (κ1) is 13.5. The molecule has 0 saturated heterocycles. The molecule has 0 aromatic heterocycles. The Hall–Kier alpha value is -0.940. The summed E-state index contributed by atoms with van der Waals surface area (Å²) in [6.07, 6.45) is 0. The molecular weight excluding hydrogens is 370 g/mol. The second-order valence-corrected chi connectivity index (χ2v) is 5.01. The second-order valence-electron chi connectivity index (χ2n) is 3.54. The van der Waals surface area contributed by atoms with Gasteiger partial charge in [0.15, 0.2) is 23.1 Å². The highest BCUT2D eigenvalue weighted by molar-refractivity contribution is 9.10. The maximum absolute atomic E-state index is 13.7. The molecule has 1 nitrogen and oxygen atoms in total. The van der Waals surface area contributed by atoms with Crippen LogP contribution in [0.2, 0.25) is 0 Å². The van der Waals surface area contributed by atoms with Crippen molar-refractivity contribution in [3.05, 3.63) is 58.1 Å². The zero-order valence-electron chi connectivity index (χ0n) is 9.09. The number of hydrogen-bond donors (Lipinski definition) is 0. The number of para-hydroxylation sites is 1. The largest absolute Gasteiger partial charge is 0.451 e. The predicted octanol–water partition coefficient (Wildman–Crippen LogP) is 5.41. The normalized spacial score (nSPS) is 10.4. The third-order valence-corrected chi connectivity index (χ3v) is 3.40. The molecule has 18 heavy (non-hydrogen) atoms. The van der Waals surface area contributed by atoms with E-state index in [-0.39, 0.29) is 11.5 Å². The van der Waals surface area contributed by atoms with Crippen LogP contribution in [0.3, 0.4) is 0 Å². The monoisotopic (exact) mass is 376 g/mol. The minimum absolute atomic E-state index is 0.0170. The number of alkyl halides is 1. The lowest BCUT2D eigenvalue weighted by molar-refractivity contribution is 0.411. The molecule has 5 heteroatoms. The molecule has 0 spiro atoms. The van der Waals surface area contributed by atoms with Gasteiger partial charge in [-0.25, -0.2) is 8.78 Å². The smallest absolute Gasteiger partial charge is 0.167 e. The lowest BCUT2D eigenvalue weighted by atomic mass is 10.2. The van der Waals surface area contributed by atoms with E-state index in [1.807, 2.05) is 0 Å². The number of ether oxygens (including phenoxy) is 1. The summed E-state index contributed by atoms with van der Waals surface area (Å²) in [5.41, 5.74) is 0.620. The fraction of sp³-hybridized carbons (Fsp3) is 0.0769. The van der Waals surface area contributed by atoms with Gasteiger partial charge in [-0.3, -0.25) is 0 Å². The molecule has 0 aliphatic carbocycles. The molecule has 0 N–H and O–H groups in total. The van der Waals surface area contributed by atoms with Crippen molar-refractivity contribution in [3.63, 3.8) is 0 Å². The van der Waals surface area contributed by atoms with E-state index in [1.54, 1.807) is 18.2 Å². The minimum Gasteiger partial charge on any atom is -0.451 e. The molecule has 0 saturated carbocycles. The van der Waals surface area contributed by atoms with Gasteiger partial charge >= 0.3 is 0 Å². The van der Waals surface area contributed by atoms with Crippen LogP contribution in [0, 0.1) is 11.6 Å². The summed E-state index contributed by atoms with van der Waals surface area (Å²) in [5, 5.41) is 0.426. The van der Waals surface area contributed by atoms with Crippen molar-refractivity contribution in [1.82, 2.24) is 0 Å². The molecule has 0 amide bonds. The zero-order valence-corrected chi connectivity index (χ0v) is 12.3. The van der Waals surface area contributed by atoms with Crippen LogP contribution in [0.1, 0.15) is 5.56 Å². The van der Waals surface area contributed by atoms with Crippen LogP contribution in [0.4, 0.5) is 8.78 Å². The Bertz CT molecular complexity index is 573. The Labute approximate surface area is 120 Å². The second kappa shape index (κ2) is 5.80. The minimum atomic E-state index is -0.540. The summed E-state index contributed by atoms with van der Waals surface area (Å²) in [6, 6.07) is 8.83. The van der Waals surface area contributed by atoms with E-state index < -0.39 is 11.6 Å². The van der Waals surface area contributed by atoms with Crippen molar-refractivity contribution >= 4 is 31.9 Å².